The van der Waals surface area contributed by atoms with E-state index in [0.717, 1.165) is 39.1 Å². The van der Waals surface area contributed by atoms with Crippen LogP contribution in [0, 0.1) is 10.1 Å². The van der Waals surface area contributed by atoms with E-state index in [2.05, 4.69) is 15.1 Å². The molecule has 0 fully saturated rings. The average Bonchev–Trinajstić information content (AvgIpc) is 3.11. The zero-order valence-electron chi connectivity index (χ0n) is 15.7. The minimum atomic E-state index is -0.775. The van der Waals surface area contributed by atoms with E-state index in [1.54, 1.807) is 12.4 Å². The Morgan fingerprint density at radius 3 is 2.76 bits per heavy atom. The van der Waals surface area contributed by atoms with Crippen molar-refractivity contribution in [2.24, 2.45) is 5.73 Å². The fourth-order valence-corrected chi connectivity index (χ4v) is 3.97. The van der Waals surface area contributed by atoms with Gasteiger partial charge in [-0.25, -0.2) is 0 Å². The Morgan fingerprint density at radius 2 is 2.07 bits per heavy atom. The molecule has 152 valence electrons. The molecule has 1 unspecified atom stereocenters. The van der Waals surface area contributed by atoms with Crippen molar-refractivity contribution in [1.29, 1.82) is 0 Å². The Labute approximate surface area is 171 Å². The van der Waals surface area contributed by atoms with Crippen molar-refractivity contribution in [2.75, 3.05) is 18.5 Å². The van der Waals surface area contributed by atoms with Gasteiger partial charge >= 0.3 is 0 Å². The molecule has 0 saturated heterocycles. The fraction of sp³-hybridized carbons (Fsp3) is 0.300. The van der Waals surface area contributed by atoms with E-state index in [4.69, 9.17) is 5.73 Å². The lowest BCUT2D eigenvalue weighted by Crippen LogP contribution is -2.27. The lowest BCUT2D eigenvalue weighted by atomic mass is 9.96. The number of anilines is 1. The number of aryl methyl sites for hydroxylation is 1. The molecule has 0 spiro atoms. The third kappa shape index (κ3) is 5.72. The molecule has 3 N–H and O–H groups in total. The molecule has 0 aliphatic rings. The van der Waals surface area contributed by atoms with Crippen molar-refractivity contribution in [1.82, 2.24) is 4.98 Å². The molecule has 8 nitrogen and oxygen atoms in total. The Balaban J connectivity index is 1.57. The van der Waals surface area contributed by atoms with E-state index in [1.807, 2.05) is 36.4 Å². The lowest BCUT2D eigenvalue weighted by molar-refractivity contribution is -0.757. The smallest absolute Gasteiger partial charge is 0.294 e. The summed E-state index contributed by atoms with van der Waals surface area (Å²) < 4.78 is 1.01. The standard InChI is InChI=1S/C20H22N4O4S/c21-12-17(20(25)23-19-11-16-8-9-22-13-18(16)29-19)15-6-4-14(5-7-15)3-1-2-10-28-24(26)27/h4-9,11,13,17H,1-3,10,12,21H2,(H,23,25). The number of benzene rings is 1. The van der Waals surface area contributed by atoms with Crippen LogP contribution in [-0.2, 0) is 16.1 Å². The molecule has 0 bridgehead atoms. The van der Waals surface area contributed by atoms with Crippen molar-refractivity contribution >= 4 is 32.3 Å². The minimum Gasteiger partial charge on any atom is -0.329 e. The van der Waals surface area contributed by atoms with Gasteiger partial charge in [0.15, 0.2) is 0 Å². The minimum absolute atomic E-state index is 0.105. The number of unbranched alkanes of at least 4 members (excludes halogenated alkanes) is 1. The van der Waals surface area contributed by atoms with Crippen molar-refractivity contribution in [2.45, 2.75) is 25.2 Å². The zero-order valence-corrected chi connectivity index (χ0v) is 16.6. The van der Waals surface area contributed by atoms with Crippen molar-refractivity contribution < 1.29 is 14.7 Å². The van der Waals surface area contributed by atoms with Crippen LogP contribution in [0.2, 0.25) is 0 Å². The summed E-state index contributed by atoms with van der Waals surface area (Å²) in [6, 6.07) is 11.6. The number of rotatable bonds is 10. The van der Waals surface area contributed by atoms with Gasteiger partial charge in [0.2, 0.25) is 5.91 Å². The quantitative estimate of drug-likeness (QED) is 0.297. The topological polar surface area (TPSA) is 120 Å². The van der Waals surface area contributed by atoms with Gasteiger partial charge in [-0.2, -0.15) is 0 Å². The van der Waals surface area contributed by atoms with Crippen molar-refractivity contribution in [3.8, 4) is 0 Å². The lowest BCUT2D eigenvalue weighted by Gasteiger charge is -2.15. The molecule has 0 radical (unpaired) electrons. The van der Waals surface area contributed by atoms with Gasteiger partial charge in [-0.15, -0.1) is 21.5 Å². The Bertz CT molecular complexity index is 941. The first-order valence-corrected chi connectivity index (χ1v) is 10.1. The number of carbonyl (C=O) groups is 1. The summed E-state index contributed by atoms with van der Waals surface area (Å²) in [6.45, 7) is 0.310. The van der Waals surface area contributed by atoms with Crippen molar-refractivity contribution in [3.63, 3.8) is 0 Å². The van der Waals surface area contributed by atoms with Gasteiger partial charge in [-0.1, -0.05) is 24.3 Å². The zero-order chi connectivity index (χ0) is 20.6. The van der Waals surface area contributed by atoms with E-state index in [-0.39, 0.29) is 19.1 Å². The molecular weight excluding hydrogens is 392 g/mol. The van der Waals surface area contributed by atoms with E-state index in [9.17, 15) is 14.9 Å². The summed E-state index contributed by atoms with van der Waals surface area (Å²) in [5.74, 6) is -0.586. The number of thiophene rings is 1. The number of pyridine rings is 1. The summed E-state index contributed by atoms with van der Waals surface area (Å²) >= 11 is 1.48. The van der Waals surface area contributed by atoms with Crippen molar-refractivity contribution in [3.05, 3.63) is 70.0 Å². The van der Waals surface area contributed by atoms with E-state index < -0.39 is 11.0 Å². The first-order valence-electron chi connectivity index (χ1n) is 9.27. The highest BCUT2D eigenvalue weighted by Crippen LogP contribution is 2.29. The number of nitrogens with zero attached hydrogens (tertiary/aromatic N) is 2. The summed E-state index contributed by atoms with van der Waals surface area (Å²) in [5.41, 5.74) is 7.83. The first kappa shape index (κ1) is 20.7. The number of amides is 1. The van der Waals surface area contributed by atoms with Gasteiger partial charge in [0.25, 0.3) is 5.09 Å². The number of nitrogens with one attached hydrogen (secondary N) is 1. The molecule has 0 aliphatic heterocycles. The molecule has 0 saturated carbocycles. The second-order valence-corrected chi connectivity index (χ2v) is 7.64. The molecular formula is C20H22N4O4S. The van der Waals surface area contributed by atoms with Gasteiger partial charge in [0.1, 0.15) is 0 Å². The van der Waals surface area contributed by atoms with E-state index in [0.29, 0.717) is 6.42 Å². The number of nitrogens with two attached hydrogens (primary N) is 1. The van der Waals surface area contributed by atoms with Crippen LogP contribution in [0.15, 0.2) is 48.8 Å². The number of aromatic nitrogens is 1. The summed E-state index contributed by atoms with van der Waals surface area (Å²) in [6.07, 6.45) is 5.69. The summed E-state index contributed by atoms with van der Waals surface area (Å²) in [4.78, 5) is 31.2. The van der Waals surface area contributed by atoms with E-state index >= 15 is 0 Å². The van der Waals surface area contributed by atoms with Crippen LogP contribution in [-0.4, -0.2) is 29.1 Å². The Kier molecular flexibility index (Phi) is 7.09. The Morgan fingerprint density at radius 1 is 1.28 bits per heavy atom. The molecule has 1 amide bonds. The van der Waals surface area contributed by atoms with Gasteiger partial charge in [-0.3, -0.25) is 9.78 Å². The largest absolute Gasteiger partial charge is 0.329 e. The fourth-order valence-electron chi connectivity index (χ4n) is 3.04. The molecule has 2 aromatic heterocycles. The second kappa shape index (κ2) is 9.94. The monoisotopic (exact) mass is 414 g/mol. The van der Waals surface area contributed by atoms with Gasteiger partial charge in [-0.05, 0) is 47.9 Å². The van der Waals surface area contributed by atoms with Crippen LogP contribution in [0.3, 0.4) is 0 Å². The SMILES string of the molecule is NCC(C(=O)Nc1cc2ccncc2s1)c1ccc(CCCCO[N+](=O)[O-])cc1. The number of carbonyl (C=O) groups excluding carboxylic acids is 1. The van der Waals surface area contributed by atoms with Crippen LogP contribution in [0.4, 0.5) is 5.00 Å². The normalized spacial score (nSPS) is 11.9. The summed E-state index contributed by atoms with van der Waals surface area (Å²) in [5, 5.41) is 14.1. The third-order valence-corrected chi connectivity index (χ3v) is 5.56. The molecule has 1 atom stereocenters. The molecule has 0 aliphatic carbocycles. The molecule has 29 heavy (non-hydrogen) atoms. The number of hydrogen-bond donors (Lipinski definition) is 2. The molecule has 3 rings (SSSR count). The van der Waals surface area contributed by atoms with Crippen LogP contribution >= 0.6 is 11.3 Å². The van der Waals surface area contributed by atoms with E-state index in [1.165, 1.54) is 11.3 Å². The molecule has 9 heteroatoms. The molecule has 3 aromatic rings. The predicted molar refractivity (Wildman–Crippen MR) is 112 cm³/mol. The van der Waals surface area contributed by atoms with Crippen LogP contribution < -0.4 is 11.1 Å². The highest BCUT2D eigenvalue weighted by atomic mass is 32.1. The highest BCUT2D eigenvalue weighted by molar-refractivity contribution is 7.22. The maximum atomic E-state index is 12.7. The maximum Gasteiger partial charge on any atom is 0.294 e. The number of fused-ring (bicyclic) bond motifs is 1. The third-order valence-electron chi connectivity index (χ3n) is 4.56. The van der Waals surface area contributed by atoms with Crippen LogP contribution in [0.5, 0.6) is 0 Å². The maximum absolute atomic E-state index is 12.7. The van der Waals surface area contributed by atoms with Gasteiger partial charge in [0, 0.05) is 18.9 Å². The van der Waals surface area contributed by atoms with Crippen LogP contribution in [0.1, 0.15) is 29.9 Å². The summed E-state index contributed by atoms with van der Waals surface area (Å²) in [7, 11) is 0. The highest BCUT2D eigenvalue weighted by Gasteiger charge is 2.20. The van der Waals surface area contributed by atoms with Crippen LogP contribution in [0.25, 0.3) is 10.1 Å². The predicted octanol–water partition coefficient (Wildman–Crippen LogP) is 3.51. The molecule has 1 aromatic carbocycles. The first-order chi connectivity index (χ1) is 14.1. The van der Waals surface area contributed by atoms with Gasteiger partial charge < -0.3 is 15.9 Å². The molecule has 2 heterocycles. The van der Waals surface area contributed by atoms with Gasteiger partial charge in [0.05, 0.1) is 22.2 Å². The Hall–Kier alpha value is -3.04. The average molecular weight is 414 g/mol. The number of hydrogen-bond acceptors (Lipinski definition) is 7. The second-order valence-electron chi connectivity index (χ2n) is 6.56.